The summed E-state index contributed by atoms with van der Waals surface area (Å²) in [6, 6.07) is 54.3. The Morgan fingerprint density at radius 1 is 0.545 bits per heavy atom. The van der Waals surface area contributed by atoms with Crippen LogP contribution in [-0.2, 0) is 20.0 Å². The number of rotatable bonds is 0. The molecule has 0 heterocycles. The van der Waals surface area contributed by atoms with Gasteiger partial charge in [-0.05, 0) is 0 Å². The van der Waals surface area contributed by atoms with Crippen LogP contribution in [0.2, 0.25) is 0 Å². The van der Waals surface area contributed by atoms with E-state index in [2.05, 4.69) is 97.1 Å². The van der Waals surface area contributed by atoms with Crippen LogP contribution in [-0.4, -0.2) is 4.31 Å². The van der Waals surface area contributed by atoms with Crippen molar-refractivity contribution in [1.82, 2.24) is 0 Å². The van der Waals surface area contributed by atoms with Crippen LogP contribution in [0.5, 0.6) is 0 Å². The summed E-state index contributed by atoms with van der Waals surface area (Å²) in [7, 11) is 0. The average molecular weight is 460 g/mol. The Labute approximate surface area is 209 Å². The largest absolute Gasteiger partial charge is 0.184 e. The van der Waals surface area contributed by atoms with Gasteiger partial charge in [-0.1, -0.05) is 12.1 Å². The normalized spacial score (nSPS) is 8.85. The first-order chi connectivity index (χ1) is 16.3. The van der Waals surface area contributed by atoms with Gasteiger partial charge in [-0.25, -0.2) is 0 Å². The molecule has 6 aromatic carbocycles. The first-order valence-electron chi connectivity index (χ1n) is 10.8. The summed E-state index contributed by atoms with van der Waals surface area (Å²) in [5, 5.41) is 5.32. The number of fused-ring (bicyclic) bond motifs is 2. The Morgan fingerprint density at radius 3 is 1.18 bits per heavy atom. The molecule has 6 aromatic rings. The van der Waals surface area contributed by atoms with Crippen LogP contribution in [0.15, 0.2) is 146 Å². The van der Waals surface area contributed by atoms with E-state index in [-0.39, 0.29) is 0 Å². The van der Waals surface area contributed by atoms with Crippen molar-refractivity contribution in [3.05, 3.63) is 158 Å². The second-order valence-electron chi connectivity index (χ2n) is 6.75. The van der Waals surface area contributed by atoms with Crippen molar-refractivity contribution in [2.75, 3.05) is 0 Å². The molecule has 0 aromatic heterocycles. The van der Waals surface area contributed by atoms with Gasteiger partial charge in [0.1, 0.15) is 0 Å². The van der Waals surface area contributed by atoms with Crippen LogP contribution in [0.25, 0.3) is 21.5 Å². The van der Waals surface area contributed by atoms with Crippen LogP contribution in [0, 0.1) is 12.1 Å². The second-order valence-corrected chi connectivity index (χ2v) is 7.65. The van der Waals surface area contributed by atoms with E-state index >= 15 is 0 Å². The van der Waals surface area contributed by atoms with E-state index in [9.17, 15) is 0 Å². The summed E-state index contributed by atoms with van der Waals surface area (Å²) in [4.78, 5) is 0. The van der Waals surface area contributed by atoms with Crippen molar-refractivity contribution >= 4 is 25.9 Å². The predicted molar refractivity (Wildman–Crippen MR) is 141 cm³/mol. The van der Waals surface area contributed by atoms with Crippen molar-refractivity contribution in [3.8, 4) is 0 Å². The standard InChI is InChI=1S/2C9H7.2C6H5.C2H4.Ti/c2*1-2-5-9-7-3-6-8(9)4-1;2*1-2-4-6-5-3-1;1-2;/h2*1-7H;2*1-5H;1H,2H3;/q4*-1;;. The predicted octanol–water partition coefficient (Wildman–Crippen LogP) is 8.45. The minimum absolute atomic E-state index is 1.33. The van der Waals surface area contributed by atoms with Gasteiger partial charge in [0.05, 0.1) is 0 Å². The zero-order chi connectivity index (χ0) is 23.4. The molecule has 1 heteroatoms. The fraction of sp³-hybridized carbons (Fsp3) is 0.0312. The zero-order valence-corrected chi connectivity index (χ0v) is 20.5. The molecule has 0 aliphatic heterocycles. The summed E-state index contributed by atoms with van der Waals surface area (Å²) in [6.07, 6.45) is 0. The zero-order valence-electron chi connectivity index (χ0n) is 18.9. The third kappa shape index (κ3) is 11.2. The molecule has 0 N–H and O–H groups in total. The molecule has 0 bridgehead atoms. The van der Waals surface area contributed by atoms with Gasteiger partial charge in [-0.2, -0.15) is 108 Å². The van der Waals surface area contributed by atoms with E-state index in [1.807, 2.05) is 91.9 Å². The molecule has 0 radical (unpaired) electrons. The summed E-state index contributed by atoms with van der Waals surface area (Å²) in [6.45, 7) is 2.00. The molecule has 0 saturated carbocycles. The van der Waals surface area contributed by atoms with Crippen molar-refractivity contribution in [2.45, 2.75) is 6.92 Å². The summed E-state index contributed by atoms with van der Waals surface area (Å²) in [5.41, 5.74) is 0. The van der Waals surface area contributed by atoms with E-state index in [1.165, 1.54) is 21.5 Å². The van der Waals surface area contributed by atoms with Crippen LogP contribution < -0.4 is 0 Å². The Hall–Kier alpha value is -3.32. The molecule has 6 rings (SSSR count). The molecule has 0 spiro atoms. The average Bonchev–Trinajstić information content (AvgIpc) is 3.57. The molecule has 0 atom stereocenters. The van der Waals surface area contributed by atoms with Gasteiger partial charge in [0.25, 0.3) is 0 Å². The minimum Gasteiger partial charge on any atom is -0.184 e. The molecule has 0 aliphatic rings. The fourth-order valence-corrected chi connectivity index (χ4v) is 2.82. The minimum atomic E-state index is 1.33. The van der Waals surface area contributed by atoms with E-state index in [1.54, 1.807) is 0 Å². The second kappa shape index (κ2) is 17.3. The van der Waals surface area contributed by atoms with Crippen molar-refractivity contribution in [3.63, 3.8) is 0 Å². The molecule has 0 fully saturated rings. The van der Waals surface area contributed by atoms with Crippen molar-refractivity contribution < 1.29 is 20.0 Å². The maximum absolute atomic E-state index is 2.89. The fourth-order valence-electron chi connectivity index (χ4n) is 2.82. The maximum Gasteiger partial charge on any atom is -0.0809 e. The molecular weight excluding hydrogens is 432 g/mol. The van der Waals surface area contributed by atoms with Gasteiger partial charge in [0, 0.05) is 0 Å². The first kappa shape index (κ1) is 25.9. The Bertz CT molecular complexity index is 1020. The molecule has 0 nitrogen and oxygen atoms in total. The van der Waals surface area contributed by atoms with Crippen LogP contribution in [0.1, 0.15) is 6.92 Å². The Balaban J connectivity index is 0.000000152. The molecule has 164 valence electrons. The van der Waals surface area contributed by atoms with Gasteiger partial charge in [0.2, 0.25) is 0 Å². The quantitative estimate of drug-likeness (QED) is 0.158. The topological polar surface area (TPSA) is 0 Å². The number of benzene rings is 4. The maximum atomic E-state index is 2.89. The van der Waals surface area contributed by atoms with E-state index in [0.717, 1.165) is 0 Å². The summed E-state index contributed by atoms with van der Waals surface area (Å²) >= 11 is 2.00. The molecular formula is C32H28Ti-4. The SMILES string of the molecule is C[CH]=[Ti].[c-]1ccccc1.[c-]1ccccc1.c1ccc2[cH-]ccc2c1.c1ccc2[cH-]ccc2c1. The Kier molecular flexibility index (Phi) is 13.6. The van der Waals surface area contributed by atoms with E-state index in [0.29, 0.717) is 0 Å². The molecule has 33 heavy (non-hydrogen) atoms. The van der Waals surface area contributed by atoms with Crippen molar-refractivity contribution in [1.29, 1.82) is 0 Å². The van der Waals surface area contributed by atoms with Crippen LogP contribution >= 0.6 is 0 Å². The monoisotopic (exact) mass is 460 g/mol. The van der Waals surface area contributed by atoms with Gasteiger partial charge < -0.3 is 0 Å². The van der Waals surface area contributed by atoms with E-state index in [4.69, 9.17) is 0 Å². The number of hydrogen-bond acceptors (Lipinski definition) is 0. The van der Waals surface area contributed by atoms with Gasteiger partial charge in [0.15, 0.2) is 0 Å². The van der Waals surface area contributed by atoms with Crippen LogP contribution in [0.4, 0.5) is 0 Å². The smallest absolute Gasteiger partial charge is 0.0809 e. The van der Waals surface area contributed by atoms with Crippen molar-refractivity contribution in [2.24, 2.45) is 0 Å². The molecule has 0 unspecified atom stereocenters. The summed E-state index contributed by atoms with van der Waals surface area (Å²) < 4.78 is 2.00. The molecule has 0 aliphatic carbocycles. The van der Waals surface area contributed by atoms with Gasteiger partial charge in [-0.15, -0.1) is 59.3 Å². The first-order valence-corrected chi connectivity index (χ1v) is 11.7. The van der Waals surface area contributed by atoms with E-state index < -0.39 is 0 Å². The summed E-state index contributed by atoms with van der Waals surface area (Å²) in [5.74, 6) is 0. The molecule has 0 saturated heterocycles. The van der Waals surface area contributed by atoms with Crippen LogP contribution in [0.3, 0.4) is 0 Å². The van der Waals surface area contributed by atoms with Gasteiger partial charge >= 0.3 is 31.2 Å². The van der Waals surface area contributed by atoms with Gasteiger partial charge in [-0.3, -0.25) is 0 Å². The Morgan fingerprint density at radius 2 is 0.909 bits per heavy atom. The third-order valence-corrected chi connectivity index (χ3v) is 4.31. The number of hydrogen-bond donors (Lipinski definition) is 0. The third-order valence-electron chi connectivity index (χ3n) is 4.31. The molecule has 0 amide bonds.